The molecule has 90 valence electrons. The normalized spacial score (nSPS) is 11.1. The van der Waals surface area contributed by atoms with Gasteiger partial charge in [-0.2, -0.15) is 0 Å². The first-order valence-corrected chi connectivity index (χ1v) is 7.33. The number of hydrogen-bond donors (Lipinski definition) is 0. The first-order chi connectivity index (χ1) is 8.66. The number of rotatable bonds is 1. The highest BCUT2D eigenvalue weighted by molar-refractivity contribution is 9.10. The zero-order chi connectivity index (χ0) is 12.7. The Morgan fingerprint density at radius 1 is 1.17 bits per heavy atom. The molecule has 0 aliphatic heterocycles. The van der Waals surface area contributed by atoms with E-state index in [9.17, 15) is 0 Å². The maximum absolute atomic E-state index is 6.08. The molecule has 2 nitrogen and oxygen atoms in total. The number of aryl methyl sites for hydroxylation is 1. The van der Waals surface area contributed by atoms with Crippen LogP contribution < -0.4 is 0 Å². The Labute approximate surface area is 122 Å². The van der Waals surface area contributed by atoms with Gasteiger partial charge in [-0.25, -0.2) is 0 Å². The molecule has 1 aromatic carbocycles. The summed E-state index contributed by atoms with van der Waals surface area (Å²) in [5.41, 5.74) is 0.875. The molecule has 0 unspecified atom stereocenters. The highest BCUT2D eigenvalue weighted by Gasteiger charge is 2.14. The molecule has 2 aromatic heterocycles. The van der Waals surface area contributed by atoms with E-state index in [1.165, 1.54) is 4.88 Å². The summed E-state index contributed by atoms with van der Waals surface area (Å²) in [5.74, 6) is 0. The SMILES string of the molecule is Cc1cc(Br)c(-c2nnc(Cl)c3ccccc23)s1. The molecule has 18 heavy (non-hydrogen) atoms. The van der Waals surface area contributed by atoms with Crippen molar-refractivity contribution < 1.29 is 0 Å². The standard InChI is InChI=1S/C13H8BrClN2S/c1-7-6-10(14)12(18-7)11-8-4-2-3-5-9(8)13(15)17-16-11/h2-6H,1H3. The van der Waals surface area contributed by atoms with Crippen LogP contribution >= 0.6 is 38.9 Å². The predicted molar refractivity (Wildman–Crippen MR) is 80.3 cm³/mol. The van der Waals surface area contributed by atoms with Crippen molar-refractivity contribution in [3.63, 3.8) is 0 Å². The fourth-order valence-electron chi connectivity index (χ4n) is 1.88. The molecule has 0 radical (unpaired) electrons. The maximum atomic E-state index is 6.08. The molecule has 0 bridgehead atoms. The van der Waals surface area contributed by atoms with Crippen molar-refractivity contribution in [3.05, 3.63) is 44.8 Å². The Bertz CT molecular complexity index is 739. The average molecular weight is 340 g/mol. The number of hydrogen-bond acceptors (Lipinski definition) is 3. The molecule has 0 amide bonds. The van der Waals surface area contributed by atoms with Gasteiger partial charge >= 0.3 is 0 Å². The van der Waals surface area contributed by atoms with Crippen LogP contribution in [0.25, 0.3) is 21.3 Å². The van der Waals surface area contributed by atoms with Crippen LogP contribution in [0.15, 0.2) is 34.8 Å². The monoisotopic (exact) mass is 338 g/mol. The van der Waals surface area contributed by atoms with E-state index in [4.69, 9.17) is 11.6 Å². The maximum Gasteiger partial charge on any atom is 0.159 e. The van der Waals surface area contributed by atoms with Crippen molar-refractivity contribution in [2.24, 2.45) is 0 Å². The molecule has 2 heterocycles. The molecule has 0 saturated carbocycles. The second-order valence-corrected chi connectivity index (χ2v) is 6.39. The molecule has 0 spiro atoms. The molecule has 3 aromatic rings. The van der Waals surface area contributed by atoms with E-state index in [0.717, 1.165) is 25.8 Å². The number of nitrogens with zero attached hydrogens (tertiary/aromatic N) is 2. The lowest BCUT2D eigenvalue weighted by Gasteiger charge is -2.04. The van der Waals surface area contributed by atoms with Crippen molar-refractivity contribution in [1.29, 1.82) is 0 Å². The molecule has 0 fully saturated rings. The van der Waals surface area contributed by atoms with Crippen LogP contribution in [0.3, 0.4) is 0 Å². The minimum Gasteiger partial charge on any atom is -0.147 e. The van der Waals surface area contributed by atoms with Crippen LogP contribution in [0, 0.1) is 6.92 Å². The van der Waals surface area contributed by atoms with Gasteiger partial charge in [0.25, 0.3) is 0 Å². The summed E-state index contributed by atoms with van der Waals surface area (Å²) in [6.45, 7) is 2.07. The summed E-state index contributed by atoms with van der Waals surface area (Å²) >= 11 is 11.3. The van der Waals surface area contributed by atoms with Crippen LogP contribution in [-0.2, 0) is 0 Å². The second kappa shape index (κ2) is 4.61. The third-order valence-corrected chi connectivity index (χ3v) is 4.89. The van der Waals surface area contributed by atoms with Gasteiger partial charge in [-0.1, -0.05) is 35.9 Å². The van der Waals surface area contributed by atoms with E-state index in [2.05, 4.69) is 39.1 Å². The average Bonchev–Trinajstić information content (AvgIpc) is 2.69. The van der Waals surface area contributed by atoms with Crippen LogP contribution in [-0.4, -0.2) is 10.2 Å². The van der Waals surface area contributed by atoms with Gasteiger partial charge in [-0.15, -0.1) is 21.5 Å². The van der Waals surface area contributed by atoms with Crippen molar-refractivity contribution in [2.45, 2.75) is 6.92 Å². The van der Waals surface area contributed by atoms with Gasteiger partial charge in [0, 0.05) is 20.1 Å². The van der Waals surface area contributed by atoms with Gasteiger partial charge in [-0.3, -0.25) is 0 Å². The Kier molecular flexibility index (Phi) is 3.09. The van der Waals surface area contributed by atoms with Crippen LogP contribution in [0.5, 0.6) is 0 Å². The second-order valence-electron chi connectivity index (χ2n) is 3.92. The number of aromatic nitrogens is 2. The predicted octanol–water partition coefficient (Wildman–Crippen LogP) is 5.08. The quantitative estimate of drug-likeness (QED) is 0.617. The van der Waals surface area contributed by atoms with Crippen LogP contribution in [0.1, 0.15) is 4.88 Å². The Hall–Kier alpha value is -0.970. The number of fused-ring (bicyclic) bond motifs is 1. The first-order valence-electron chi connectivity index (χ1n) is 5.34. The van der Waals surface area contributed by atoms with E-state index in [1.807, 2.05) is 24.3 Å². The fraction of sp³-hybridized carbons (Fsp3) is 0.0769. The molecule has 5 heteroatoms. The third kappa shape index (κ3) is 1.94. The smallest absolute Gasteiger partial charge is 0.147 e. The summed E-state index contributed by atoms with van der Waals surface area (Å²) < 4.78 is 1.05. The zero-order valence-electron chi connectivity index (χ0n) is 9.45. The van der Waals surface area contributed by atoms with Crippen molar-refractivity contribution in [3.8, 4) is 10.6 Å². The van der Waals surface area contributed by atoms with Gasteiger partial charge in [0.05, 0.1) is 4.88 Å². The third-order valence-electron chi connectivity index (χ3n) is 2.67. The Morgan fingerprint density at radius 2 is 1.89 bits per heavy atom. The lowest BCUT2D eigenvalue weighted by atomic mass is 10.1. The van der Waals surface area contributed by atoms with Crippen molar-refractivity contribution in [2.75, 3.05) is 0 Å². The van der Waals surface area contributed by atoms with Crippen LogP contribution in [0.2, 0.25) is 5.15 Å². The zero-order valence-corrected chi connectivity index (χ0v) is 12.6. The largest absolute Gasteiger partial charge is 0.159 e. The summed E-state index contributed by atoms with van der Waals surface area (Å²) in [6, 6.07) is 10.0. The van der Waals surface area contributed by atoms with Crippen molar-refractivity contribution >= 4 is 49.6 Å². The van der Waals surface area contributed by atoms with Crippen LogP contribution in [0.4, 0.5) is 0 Å². The van der Waals surface area contributed by atoms with Gasteiger partial charge in [0.1, 0.15) is 5.69 Å². The molecule has 0 aliphatic carbocycles. The van der Waals surface area contributed by atoms with Gasteiger partial charge in [-0.05, 0) is 28.9 Å². The molecule has 0 atom stereocenters. The molecular formula is C13H8BrClN2S. The highest BCUT2D eigenvalue weighted by Crippen LogP contribution is 2.38. The molecule has 3 rings (SSSR count). The minimum absolute atomic E-state index is 0.443. The molecular weight excluding hydrogens is 332 g/mol. The Morgan fingerprint density at radius 3 is 2.56 bits per heavy atom. The van der Waals surface area contributed by atoms with E-state index in [-0.39, 0.29) is 0 Å². The lowest BCUT2D eigenvalue weighted by molar-refractivity contribution is 1.06. The summed E-state index contributed by atoms with van der Waals surface area (Å²) in [5, 5.41) is 10.7. The van der Waals surface area contributed by atoms with Gasteiger partial charge in [0.2, 0.25) is 0 Å². The van der Waals surface area contributed by atoms with Gasteiger partial charge < -0.3 is 0 Å². The fourth-order valence-corrected chi connectivity index (χ4v) is 3.91. The number of benzene rings is 1. The number of halogens is 2. The van der Waals surface area contributed by atoms with E-state index in [0.29, 0.717) is 5.15 Å². The van der Waals surface area contributed by atoms with E-state index < -0.39 is 0 Å². The van der Waals surface area contributed by atoms with E-state index >= 15 is 0 Å². The first kappa shape index (κ1) is 12.1. The highest BCUT2D eigenvalue weighted by atomic mass is 79.9. The summed E-state index contributed by atoms with van der Waals surface area (Å²) in [6.07, 6.45) is 0. The van der Waals surface area contributed by atoms with Crippen molar-refractivity contribution in [1.82, 2.24) is 10.2 Å². The summed E-state index contributed by atoms with van der Waals surface area (Å²) in [7, 11) is 0. The Balaban J connectivity index is 2.37. The molecule has 0 aliphatic rings. The molecule has 0 N–H and O–H groups in total. The minimum atomic E-state index is 0.443. The van der Waals surface area contributed by atoms with E-state index in [1.54, 1.807) is 11.3 Å². The lowest BCUT2D eigenvalue weighted by Crippen LogP contribution is -1.90. The molecule has 0 saturated heterocycles. The van der Waals surface area contributed by atoms with Gasteiger partial charge in [0.15, 0.2) is 5.15 Å². The topological polar surface area (TPSA) is 25.8 Å². The number of thiophene rings is 1. The summed E-state index contributed by atoms with van der Waals surface area (Å²) in [4.78, 5) is 2.32.